The van der Waals surface area contributed by atoms with Crippen LogP contribution in [0.1, 0.15) is 13.3 Å². The van der Waals surface area contributed by atoms with Crippen molar-refractivity contribution in [1.82, 2.24) is 4.72 Å². The fourth-order valence-corrected chi connectivity index (χ4v) is 2.55. The molecule has 1 aromatic carbocycles. The van der Waals surface area contributed by atoms with E-state index in [0.29, 0.717) is 13.1 Å². The van der Waals surface area contributed by atoms with Crippen LogP contribution in [0.25, 0.3) is 0 Å². The van der Waals surface area contributed by atoms with Crippen molar-refractivity contribution in [3.8, 4) is 0 Å². The van der Waals surface area contributed by atoms with Gasteiger partial charge in [-0.05, 0) is 30.7 Å². The number of benzene rings is 1. The molecule has 1 amide bonds. The predicted octanol–water partition coefficient (Wildman–Crippen LogP) is 0.882. The normalized spacial score (nSPS) is 11.1. The molecule has 0 unspecified atom stereocenters. The fourth-order valence-electron chi connectivity index (χ4n) is 1.42. The Hall–Kier alpha value is -1.80. The van der Waals surface area contributed by atoms with Crippen molar-refractivity contribution in [2.75, 3.05) is 25.0 Å². The molecule has 0 radical (unpaired) electrons. The van der Waals surface area contributed by atoms with Gasteiger partial charge in [0.2, 0.25) is 10.0 Å². The van der Waals surface area contributed by atoms with Gasteiger partial charge in [-0.1, -0.05) is 6.92 Å². The SMILES string of the molecule is CCCNS(=O)(=O)c1ccc(NCCOC(N)=O)cc1. The van der Waals surface area contributed by atoms with Gasteiger partial charge < -0.3 is 15.8 Å². The number of rotatable bonds is 8. The molecule has 112 valence electrons. The maximum Gasteiger partial charge on any atom is 0.404 e. The smallest absolute Gasteiger partial charge is 0.404 e. The molecule has 0 aliphatic rings. The highest BCUT2D eigenvalue weighted by Crippen LogP contribution is 2.13. The largest absolute Gasteiger partial charge is 0.448 e. The molecule has 20 heavy (non-hydrogen) atoms. The van der Waals surface area contributed by atoms with Gasteiger partial charge in [0, 0.05) is 18.8 Å². The van der Waals surface area contributed by atoms with Crippen molar-refractivity contribution >= 4 is 21.8 Å². The Kier molecular flexibility index (Phi) is 6.26. The maximum atomic E-state index is 11.8. The molecule has 0 bridgehead atoms. The molecule has 0 fully saturated rings. The Balaban J connectivity index is 2.53. The van der Waals surface area contributed by atoms with E-state index in [0.717, 1.165) is 12.1 Å². The summed E-state index contributed by atoms with van der Waals surface area (Å²) in [4.78, 5) is 10.6. The fraction of sp³-hybridized carbons (Fsp3) is 0.417. The molecule has 0 atom stereocenters. The highest BCUT2D eigenvalue weighted by atomic mass is 32.2. The van der Waals surface area contributed by atoms with Crippen LogP contribution in [-0.4, -0.2) is 34.2 Å². The van der Waals surface area contributed by atoms with Crippen LogP contribution >= 0.6 is 0 Å². The van der Waals surface area contributed by atoms with Crippen LogP contribution in [0.5, 0.6) is 0 Å². The maximum absolute atomic E-state index is 11.8. The molecule has 8 heteroatoms. The summed E-state index contributed by atoms with van der Waals surface area (Å²) >= 11 is 0. The lowest BCUT2D eigenvalue weighted by molar-refractivity contribution is 0.161. The molecule has 0 spiro atoms. The molecule has 1 aromatic rings. The minimum absolute atomic E-state index is 0.146. The first kappa shape index (κ1) is 16.3. The van der Waals surface area contributed by atoms with Gasteiger partial charge in [0.05, 0.1) is 4.90 Å². The zero-order valence-electron chi connectivity index (χ0n) is 11.3. The van der Waals surface area contributed by atoms with Crippen LogP contribution in [0, 0.1) is 0 Å². The Labute approximate surface area is 118 Å². The van der Waals surface area contributed by atoms with E-state index in [4.69, 9.17) is 5.73 Å². The molecule has 0 aliphatic heterocycles. The molecule has 0 heterocycles. The van der Waals surface area contributed by atoms with Gasteiger partial charge in [0.25, 0.3) is 0 Å². The van der Waals surface area contributed by atoms with Gasteiger partial charge in [-0.25, -0.2) is 17.9 Å². The lowest BCUT2D eigenvalue weighted by Crippen LogP contribution is -2.24. The third-order valence-corrected chi connectivity index (χ3v) is 3.86. The Morgan fingerprint density at radius 1 is 1.25 bits per heavy atom. The van der Waals surface area contributed by atoms with Crippen LogP contribution < -0.4 is 15.8 Å². The Bertz CT molecular complexity index is 528. The van der Waals surface area contributed by atoms with Crippen molar-refractivity contribution in [2.45, 2.75) is 18.2 Å². The van der Waals surface area contributed by atoms with E-state index in [1.165, 1.54) is 12.1 Å². The number of sulfonamides is 1. The van der Waals surface area contributed by atoms with Gasteiger partial charge in [0.15, 0.2) is 0 Å². The number of ether oxygens (including phenoxy) is 1. The topological polar surface area (TPSA) is 111 Å². The van der Waals surface area contributed by atoms with E-state index in [-0.39, 0.29) is 11.5 Å². The molecular formula is C12H19N3O4S. The van der Waals surface area contributed by atoms with Crippen LogP contribution in [0.3, 0.4) is 0 Å². The zero-order valence-corrected chi connectivity index (χ0v) is 12.1. The van der Waals surface area contributed by atoms with Crippen molar-refractivity contribution < 1.29 is 17.9 Å². The minimum Gasteiger partial charge on any atom is -0.448 e. The first-order valence-corrected chi connectivity index (χ1v) is 7.70. The monoisotopic (exact) mass is 301 g/mol. The summed E-state index contributed by atoms with van der Waals surface area (Å²) in [5.74, 6) is 0. The number of primary amides is 1. The first-order chi connectivity index (χ1) is 9.45. The zero-order chi connectivity index (χ0) is 15.0. The van der Waals surface area contributed by atoms with Gasteiger partial charge in [-0.2, -0.15) is 0 Å². The third-order valence-electron chi connectivity index (χ3n) is 2.38. The highest BCUT2D eigenvalue weighted by molar-refractivity contribution is 7.89. The second kappa shape index (κ2) is 7.71. The molecule has 0 saturated carbocycles. The number of nitrogens with two attached hydrogens (primary N) is 1. The summed E-state index contributed by atoms with van der Waals surface area (Å²) in [7, 11) is -3.44. The van der Waals surface area contributed by atoms with E-state index in [9.17, 15) is 13.2 Å². The van der Waals surface area contributed by atoms with Crippen molar-refractivity contribution in [3.05, 3.63) is 24.3 Å². The Morgan fingerprint density at radius 2 is 1.90 bits per heavy atom. The van der Waals surface area contributed by atoms with Crippen LogP contribution in [0.15, 0.2) is 29.2 Å². The van der Waals surface area contributed by atoms with Crippen molar-refractivity contribution in [1.29, 1.82) is 0 Å². The van der Waals surface area contributed by atoms with E-state index >= 15 is 0 Å². The van der Waals surface area contributed by atoms with Crippen LogP contribution in [-0.2, 0) is 14.8 Å². The second-order valence-electron chi connectivity index (χ2n) is 4.02. The van der Waals surface area contributed by atoms with Gasteiger partial charge in [-0.15, -0.1) is 0 Å². The molecule has 1 rings (SSSR count). The summed E-state index contributed by atoms with van der Waals surface area (Å²) < 4.78 is 30.7. The quantitative estimate of drug-likeness (QED) is 0.617. The highest BCUT2D eigenvalue weighted by Gasteiger charge is 2.12. The van der Waals surface area contributed by atoms with Crippen LogP contribution in [0.2, 0.25) is 0 Å². The average Bonchev–Trinajstić information content (AvgIpc) is 2.42. The number of hydrogen-bond donors (Lipinski definition) is 3. The summed E-state index contributed by atoms with van der Waals surface area (Å²) in [5.41, 5.74) is 5.55. The molecule has 7 nitrogen and oxygen atoms in total. The average molecular weight is 301 g/mol. The number of anilines is 1. The van der Waals surface area contributed by atoms with E-state index in [2.05, 4.69) is 14.8 Å². The van der Waals surface area contributed by atoms with Crippen molar-refractivity contribution in [3.63, 3.8) is 0 Å². The molecule has 0 saturated heterocycles. The minimum atomic E-state index is -3.44. The van der Waals surface area contributed by atoms with Crippen LogP contribution in [0.4, 0.5) is 10.5 Å². The number of carbonyl (C=O) groups excluding carboxylic acids is 1. The summed E-state index contributed by atoms with van der Waals surface area (Å²) in [6.07, 6.45) is -0.0890. The van der Waals surface area contributed by atoms with Gasteiger partial charge >= 0.3 is 6.09 Å². The van der Waals surface area contributed by atoms with E-state index < -0.39 is 16.1 Å². The Morgan fingerprint density at radius 3 is 2.45 bits per heavy atom. The number of amides is 1. The van der Waals surface area contributed by atoms with Gasteiger partial charge in [-0.3, -0.25) is 0 Å². The lowest BCUT2D eigenvalue weighted by Gasteiger charge is -2.08. The van der Waals surface area contributed by atoms with E-state index in [1.807, 2.05) is 6.92 Å². The van der Waals surface area contributed by atoms with Gasteiger partial charge in [0.1, 0.15) is 6.61 Å². The number of hydrogen-bond acceptors (Lipinski definition) is 5. The molecule has 0 aliphatic carbocycles. The predicted molar refractivity (Wildman–Crippen MR) is 75.9 cm³/mol. The first-order valence-electron chi connectivity index (χ1n) is 6.21. The van der Waals surface area contributed by atoms with E-state index in [1.54, 1.807) is 12.1 Å². The second-order valence-corrected chi connectivity index (χ2v) is 5.78. The summed E-state index contributed by atoms with van der Waals surface area (Å²) in [6, 6.07) is 6.31. The molecule has 0 aromatic heterocycles. The summed E-state index contributed by atoms with van der Waals surface area (Å²) in [6.45, 7) is 2.84. The number of nitrogens with one attached hydrogen (secondary N) is 2. The lowest BCUT2D eigenvalue weighted by atomic mass is 10.3. The third kappa shape index (κ3) is 5.45. The molecule has 4 N–H and O–H groups in total. The number of carbonyl (C=O) groups is 1. The van der Waals surface area contributed by atoms with Crippen molar-refractivity contribution in [2.24, 2.45) is 5.73 Å². The molecular weight excluding hydrogens is 282 g/mol. The summed E-state index contributed by atoms with van der Waals surface area (Å²) in [5, 5.41) is 2.97. The standard InChI is InChI=1S/C12H19N3O4S/c1-2-7-15-20(17,18)11-5-3-10(4-6-11)14-8-9-19-12(13)16/h3-6,14-15H,2,7-9H2,1H3,(H2,13,16).